The lowest BCUT2D eigenvalue weighted by Gasteiger charge is -2.27. The number of nitrogens with zero attached hydrogens (tertiary/aromatic N) is 3. The maximum Gasteiger partial charge on any atom is 0.150 e. The van der Waals surface area contributed by atoms with Gasteiger partial charge in [0.2, 0.25) is 0 Å². The number of anilines is 1. The summed E-state index contributed by atoms with van der Waals surface area (Å²) in [5.41, 5.74) is 1.05. The predicted octanol–water partition coefficient (Wildman–Crippen LogP) is 3.44. The third-order valence-corrected chi connectivity index (χ3v) is 4.54. The molecule has 1 aliphatic rings. The van der Waals surface area contributed by atoms with Crippen molar-refractivity contribution in [1.82, 2.24) is 9.97 Å². The van der Waals surface area contributed by atoms with Gasteiger partial charge in [-0.3, -0.25) is 0 Å². The zero-order valence-electron chi connectivity index (χ0n) is 8.82. The van der Waals surface area contributed by atoms with Gasteiger partial charge >= 0.3 is 0 Å². The number of thiophene rings is 1. The van der Waals surface area contributed by atoms with E-state index >= 15 is 0 Å². The highest BCUT2D eigenvalue weighted by Gasteiger charge is 2.16. The Balaban J connectivity index is 2.07. The standard InChI is InChI=1S/C11H12BrN3S/c12-9-6-8-10(16-9)11(14-7-13-8)15-4-2-1-3-5-15/h6-7H,1-5H2. The van der Waals surface area contributed by atoms with Gasteiger partial charge in [0.25, 0.3) is 0 Å². The van der Waals surface area contributed by atoms with Gasteiger partial charge in [0.15, 0.2) is 0 Å². The van der Waals surface area contributed by atoms with E-state index in [1.807, 2.05) is 0 Å². The molecule has 0 spiro atoms. The maximum absolute atomic E-state index is 4.45. The van der Waals surface area contributed by atoms with Crippen LogP contribution in [0.3, 0.4) is 0 Å². The molecule has 1 aliphatic heterocycles. The van der Waals surface area contributed by atoms with Gasteiger partial charge in [0.05, 0.1) is 14.0 Å². The van der Waals surface area contributed by atoms with Gasteiger partial charge in [-0.05, 0) is 41.3 Å². The first-order chi connectivity index (χ1) is 7.84. The summed E-state index contributed by atoms with van der Waals surface area (Å²) in [6, 6.07) is 2.06. The molecule has 0 unspecified atom stereocenters. The van der Waals surface area contributed by atoms with Gasteiger partial charge in [0.1, 0.15) is 12.1 Å². The highest BCUT2D eigenvalue weighted by molar-refractivity contribution is 9.11. The molecule has 1 saturated heterocycles. The van der Waals surface area contributed by atoms with Crippen molar-refractivity contribution in [1.29, 1.82) is 0 Å². The van der Waals surface area contributed by atoms with Crippen molar-refractivity contribution in [3.05, 3.63) is 16.2 Å². The average Bonchev–Trinajstić information content (AvgIpc) is 2.70. The van der Waals surface area contributed by atoms with E-state index in [0.717, 1.165) is 28.2 Å². The van der Waals surface area contributed by atoms with Crippen molar-refractivity contribution in [3.63, 3.8) is 0 Å². The molecule has 0 saturated carbocycles. The minimum Gasteiger partial charge on any atom is -0.355 e. The third-order valence-electron chi connectivity index (χ3n) is 2.92. The fourth-order valence-electron chi connectivity index (χ4n) is 2.14. The molecule has 0 bridgehead atoms. The molecule has 84 valence electrons. The smallest absolute Gasteiger partial charge is 0.150 e. The zero-order chi connectivity index (χ0) is 11.0. The maximum atomic E-state index is 4.45. The van der Waals surface area contributed by atoms with Crippen molar-refractivity contribution in [3.8, 4) is 0 Å². The molecule has 2 aromatic rings. The largest absolute Gasteiger partial charge is 0.355 e. The number of hydrogen-bond acceptors (Lipinski definition) is 4. The first-order valence-electron chi connectivity index (χ1n) is 5.49. The molecule has 5 heteroatoms. The average molecular weight is 298 g/mol. The quantitative estimate of drug-likeness (QED) is 0.807. The van der Waals surface area contributed by atoms with E-state index in [9.17, 15) is 0 Å². The molecular weight excluding hydrogens is 286 g/mol. The second kappa shape index (κ2) is 4.30. The highest BCUT2D eigenvalue weighted by atomic mass is 79.9. The van der Waals surface area contributed by atoms with Crippen molar-refractivity contribution in [2.24, 2.45) is 0 Å². The summed E-state index contributed by atoms with van der Waals surface area (Å²) in [5.74, 6) is 1.11. The first kappa shape index (κ1) is 10.5. The van der Waals surface area contributed by atoms with Crippen molar-refractivity contribution >= 4 is 43.3 Å². The van der Waals surface area contributed by atoms with Crippen LogP contribution in [0, 0.1) is 0 Å². The summed E-state index contributed by atoms with van der Waals surface area (Å²) in [6.07, 6.45) is 5.57. The molecule has 0 N–H and O–H groups in total. The lowest BCUT2D eigenvalue weighted by Crippen LogP contribution is -2.30. The minimum atomic E-state index is 1.05. The van der Waals surface area contributed by atoms with Gasteiger partial charge in [0, 0.05) is 13.1 Å². The molecule has 3 nitrogen and oxygen atoms in total. The van der Waals surface area contributed by atoms with Crippen molar-refractivity contribution in [2.45, 2.75) is 19.3 Å². The van der Waals surface area contributed by atoms with Crippen molar-refractivity contribution in [2.75, 3.05) is 18.0 Å². The molecule has 3 heterocycles. The second-order valence-corrected chi connectivity index (χ2v) is 6.44. The van der Waals surface area contributed by atoms with Crippen LogP contribution in [-0.2, 0) is 0 Å². The monoisotopic (exact) mass is 297 g/mol. The summed E-state index contributed by atoms with van der Waals surface area (Å²) in [5, 5.41) is 0. The SMILES string of the molecule is Brc1cc2ncnc(N3CCCCC3)c2s1. The number of rotatable bonds is 1. The van der Waals surface area contributed by atoms with Crippen molar-refractivity contribution < 1.29 is 0 Å². The van der Waals surface area contributed by atoms with Crippen LogP contribution in [0.1, 0.15) is 19.3 Å². The van der Waals surface area contributed by atoms with Crippen LogP contribution in [0.15, 0.2) is 16.2 Å². The lowest BCUT2D eigenvalue weighted by atomic mass is 10.1. The Kier molecular flexibility index (Phi) is 2.81. The van der Waals surface area contributed by atoms with Gasteiger partial charge in [-0.1, -0.05) is 0 Å². The van der Waals surface area contributed by atoms with E-state index in [4.69, 9.17) is 0 Å². The van der Waals surface area contributed by atoms with Gasteiger partial charge in [-0.2, -0.15) is 0 Å². The summed E-state index contributed by atoms with van der Waals surface area (Å²) < 4.78 is 2.33. The van der Waals surface area contributed by atoms with E-state index in [1.54, 1.807) is 17.7 Å². The summed E-state index contributed by atoms with van der Waals surface area (Å²) in [7, 11) is 0. The van der Waals surface area contributed by atoms with Crippen LogP contribution in [0.2, 0.25) is 0 Å². The second-order valence-electron chi connectivity index (χ2n) is 4.01. The summed E-state index contributed by atoms with van der Waals surface area (Å²) in [6.45, 7) is 2.25. The topological polar surface area (TPSA) is 29.0 Å². The Labute approximate surface area is 107 Å². The zero-order valence-corrected chi connectivity index (χ0v) is 11.2. The number of piperidine rings is 1. The van der Waals surface area contributed by atoms with Crippen LogP contribution < -0.4 is 4.90 Å². The highest BCUT2D eigenvalue weighted by Crippen LogP contribution is 2.34. The normalized spacial score (nSPS) is 16.9. The van der Waals surface area contributed by atoms with Gasteiger partial charge < -0.3 is 4.90 Å². The Morgan fingerprint density at radius 3 is 2.81 bits per heavy atom. The van der Waals surface area contributed by atoms with E-state index in [2.05, 4.69) is 36.9 Å². The molecule has 0 aromatic carbocycles. The molecule has 0 aliphatic carbocycles. The Bertz CT molecular complexity index is 505. The number of fused-ring (bicyclic) bond motifs is 1. The lowest BCUT2D eigenvalue weighted by molar-refractivity contribution is 0.575. The summed E-state index contributed by atoms with van der Waals surface area (Å²) in [4.78, 5) is 11.1. The molecular formula is C11H12BrN3S. The molecule has 0 atom stereocenters. The molecule has 0 radical (unpaired) electrons. The number of halogens is 1. The molecule has 3 rings (SSSR count). The fourth-order valence-corrected chi connectivity index (χ4v) is 3.70. The van der Waals surface area contributed by atoms with Crippen LogP contribution in [-0.4, -0.2) is 23.1 Å². The molecule has 16 heavy (non-hydrogen) atoms. The van der Waals surface area contributed by atoms with Crippen LogP contribution in [0.5, 0.6) is 0 Å². The Morgan fingerprint density at radius 2 is 2.00 bits per heavy atom. The third kappa shape index (κ3) is 1.82. The molecule has 2 aromatic heterocycles. The van der Waals surface area contributed by atoms with Crippen LogP contribution >= 0.6 is 27.3 Å². The first-order valence-corrected chi connectivity index (χ1v) is 7.10. The fraction of sp³-hybridized carbons (Fsp3) is 0.455. The van der Waals surface area contributed by atoms with Crippen LogP contribution in [0.25, 0.3) is 10.2 Å². The minimum absolute atomic E-state index is 1.05. The predicted molar refractivity (Wildman–Crippen MR) is 71.2 cm³/mol. The molecule has 1 fully saturated rings. The van der Waals surface area contributed by atoms with E-state index in [0.29, 0.717) is 0 Å². The summed E-state index contributed by atoms with van der Waals surface area (Å²) >= 11 is 5.24. The van der Waals surface area contributed by atoms with E-state index in [-0.39, 0.29) is 0 Å². The van der Waals surface area contributed by atoms with E-state index < -0.39 is 0 Å². The molecule has 0 amide bonds. The van der Waals surface area contributed by atoms with Crippen LogP contribution in [0.4, 0.5) is 5.82 Å². The van der Waals surface area contributed by atoms with Gasteiger partial charge in [-0.15, -0.1) is 11.3 Å². The Morgan fingerprint density at radius 1 is 1.19 bits per heavy atom. The Hall–Kier alpha value is -0.680. The van der Waals surface area contributed by atoms with E-state index in [1.165, 1.54) is 24.0 Å². The van der Waals surface area contributed by atoms with Gasteiger partial charge in [-0.25, -0.2) is 9.97 Å². The number of hydrogen-bond donors (Lipinski definition) is 0. The number of aromatic nitrogens is 2.